The van der Waals surface area contributed by atoms with Gasteiger partial charge in [-0.3, -0.25) is 9.69 Å². The molecule has 2 aromatic carbocycles. The van der Waals surface area contributed by atoms with Crippen molar-refractivity contribution in [2.45, 2.75) is 13.5 Å². The molecule has 1 aliphatic heterocycles. The van der Waals surface area contributed by atoms with Crippen molar-refractivity contribution in [3.8, 4) is 11.3 Å². The fourth-order valence-electron chi connectivity index (χ4n) is 3.73. The monoisotopic (exact) mass is 399 g/mol. The minimum Gasteiger partial charge on any atom is -0.481 e. The van der Waals surface area contributed by atoms with E-state index in [0.29, 0.717) is 13.1 Å². The molecule has 3 aromatic rings. The average Bonchev–Trinajstić information content (AvgIpc) is 3.14. The molecule has 4 rings (SSSR count). The number of furan rings is 1. The molecule has 1 fully saturated rings. The Hall–Kier alpha value is -3.37. The quantitative estimate of drug-likeness (QED) is 0.513. The summed E-state index contributed by atoms with van der Waals surface area (Å²) in [6, 6.07) is 16.5. The van der Waals surface area contributed by atoms with Crippen molar-refractivity contribution in [2.75, 3.05) is 13.1 Å². The maximum Gasteiger partial charge on any atom is 0.309 e. The van der Waals surface area contributed by atoms with E-state index in [4.69, 9.17) is 9.52 Å². The van der Waals surface area contributed by atoms with Gasteiger partial charge in [0.15, 0.2) is 0 Å². The molecule has 1 N–H and O–H groups in total. The molecule has 152 valence electrons. The third-order valence-electron chi connectivity index (χ3n) is 5.49. The van der Waals surface area contributed by atoms with Crippen LogP contribution in [0, 0.1) is 5.92 Å². The molecule has 4 heteroatoms. The SMILES string of the molecule is C=C/C(=C\C=C/C)c1ccc2oc(-c3ccc(CN4CC(C(=O)O)C4)cc3)cc2c1. The molecule has 1 aromatic heterocycles. The highest BCUT2D eigenvalue weighted by atomic mass is 16.4. The van der Waals surface area contributed by atoms with E-state index in [-0.39, 0.29) is 5.92 Å². The predicted molar refractivity (Wildman–Crippen MR) is 121 cm³/mol. The van der Waals surface area contributed by atoms with Gasteiger partial charge in [-0.1, -0.05) is 61.2 Å². The number of carboxylic acids is 1. The van der Waals surface area contributed by atoms with Gasteiger partial charge in [-0.05, 0) is 41.8 Å². The molecule has 30 heavy (non-hydrogen) atoms. The van der Waals surface area contributed by atoms with Crippen LogP contribution in [-0.4, -0.2) is 29.1 Å². The lowest BCUT2D eigenvalue weighted by atomic mass is 9.99. The molecule has 1 saturated heterocycles. The van der Waals surface area contributed by atoms with Crippen molar-refractivity contribution < 1.29 is 14.3 Å². The Labute approximate surface area is 176 Å². The van der Waals surface area contributed by atoms with Crippen LogP contribution in [0.2, 0.25) is 0 Å². The van der Waals surface area contributed by atoms with Crippen LogP contribution in [0.1, 0.15) is 18.1 Å². The van der Waals surface area contributed by atoms with E-state index >= 15 is 0 Å². The second-order valence-electron chi connectivity index (χ2n) is 7.64. The van der Waals surface area contributed by atoms with E-state index in [2.05, 4.69) is 47.9 Å². The van der Waals surface area contributed by atoms with Gasteiger partial charge in [-0.15, -0.1) is 0 Å². The first-order chi connectivity index (χ1) is 14.6. The maximum absolute atomic E-state index is 10.9. The third kappa shape index (κ3) is 4.14. The lowest BCUT2D eigenvalue weighted by Crippen LogP contribution is -2.49. The number of fused-ring (bicyclic) bond motifs is 1. The van der Waals surface area contributed by atoms with Gasteiger partial charge in [0.1, 0.15) is 11.3 Å². The smallest absolute Gasteiger partial charge is 0.309 e. The largest absolute Gasteiger partial charge is 0.481 e. The van der Waals surface area contributed by atoms with Crippen LogP contribution in [0.5, 0.6) is 0 Å². The van der Waals surface area contributed by atoms with Crippen LogP contribution >= 0.6 is 0 Å². The van der Waals surface area contributed by atoms with Crippen LogP contribution in [0.15, 0.2) is 83.8 Å². The van der Waals surface area contributed by atoms with Crippen molar-refractivity contribution in [1.82, 2.24) is 4.90 Å². The fourth-order valence-corrected chi connectivity index (χ4v) is 3.73. The van der Waals surface area contributed by atoms with Crippen LogP contribution in [-0.2, 0) is 11.3 Å². The number of nitrogens with zero attached hydrogens (tertiary/aromatic N) is 1. The first-order valence-corrected chi connectivity index (χ1v) is 10.1. The summed E-state index contributed by atoms with van der Waals surface area (Å²) in [4.78, 5) is 13.1. The average molecular weight is 399 g/mol. The van der Waals surface area contributed by atoms with E-state index < -0.39 is 5.97 Å². The second kappa shape index (κ2) is 8.56. The Kier molecular flexibility index (Phi) is 5.68. The Morgan fingerprint density at radius 2 is 1.97 bits per heavy atom. The zero-order valence-electron chi connectivity index (χ0n) is 17.0. The minimum absolute atomic E-state index is 0.223. The number of carboxylic acid groups (broad SMARTS) is 1. The number of benzene rings is 2. The standard InChI is InChI=1S/C26H25NO3/c1-3-5-6-19(4-2)21-11-12-24-22(13-21)14-25(30-24)20-9-7-18(8-10-20)15-27-16-23(17-27)26(28)29/h3-14,23H,2,15-17H2,1H3,(H,28,29)/b5-3-,19-6+. The highest BCUT2D eigenvalue weighted by Crippen LogP contribution is 2.31. The number of carbonyl (C=O) groups is 1. The van der Waals surface area contributed by atoms with Gasteiger partial charge < -0.3 is 9.52 Å². The van der Waals surface area contributed by atoms with Gasteiger partial charge >= 0.3 is 5.97 Å². The number of hydrogen-bond acceptors (Lipinski definition) is 3. The van der Waals surface area contributed by atoms with Gasteiger partial charge in [0.25, 0.3) is 0 Å². The van der Waals surface area contributed by atoms with E-state index in [1.807, 2.05) is 43.4 Å². The molecule has 2 heterocycles. The zero-order chi connectivity index (χ0) is 21.1. The Balaban J connectivity index is 1.50. The number of allylic oxidation sites excluding steroid dienone is 5. The predicted octanol–water partition coefficient (Wildman–Crippen LogP) is 5.76. The molecule has 0 spiro atoms. The van der Waals surface area contributed by atoms with Crippen LogP contribution in [0.25, 0.3) is 27.9 Å². The van der Waals surface area contributed by atoms with Gasteiger partial charge in [0, 0.05) is 30.6 Å². The van der Waals surface area contributed by atoms with Gasteiger partial charge in [0.05, 0.1) is 5.92 Å². The van der Waals surface area contributed by atoms with Crippen LogP contribution in [0.3, 0.4) is 0 Å². The molecular formula is C26H25NO3. The topological polar surface area (TPSA) is 53.7 Å². The highest BCUT2D eigenvalue weighted by Gasteiger charge is 2.32. The molecule has 0 atom stereocenters. The minimum atomic E-state index is -0.702. The van der Waals surface area contributed by atoms with Crippen molar-refractivity contribution in [2.24, 2.45) is 5.92 Å². The first-order valence-electron chi connectivity index (χ1n) is 10.1. The molecule has 0 amide bonds. The molecule has 0 radical (unpaired) electrons. The molecule has 1 aliphatic rings. The molecule has 0 unspecified atom stereocenters. The fraction of sp³-hybridized carbons (Fsp3) is 0.192. The maximum atomic E-state index is 10.9. The zero-order valence-corrected chi connectivity index (χ0v) is 17.0. The van der Waals surface area contributed by atoms with Gasteiger partial charge in [-0.2, -0.15) is 0 Å². The molecular weight excluding hydrogens is 374 g/mol. The Bertz CT molecular complexity index is 1130. The third-order valence-corrected chi connectivity index (χ3v) is 5.49. The number of rotatable bonds is 7. The van der Waals surface area contributed by atoms with E-state index in [1.165, 1.54) is 5.56 Å². The highest BCUT2D eigenvalue weighted by molar-refractivity contribution is 5.88. The summed E-state index contributed by atoms with van der Waals surface area (Å²) in [6.07, 6.45) is 7.90. The van der Waals surface area contributed by atoms with E-state index in [0.717, 1.165) is 40.0 Å². The Morgan fingerprint density at radius 3 is 2.63 bits per heavy atom. The van der Waals surface area contributed by atoms with Gasteiger partial charge in [-0.25, -0.2) is 0 Å². The molecule has 0 aliphatic carbocycles. The summed E-state index contributed by atoms with van der Waals surface area (Å²) in [5, 5.41) is 10.0. The summed E-state index contributed by atoms with van der Waals surface area (Å²) in [5.41, 5.74) is 5.22. The summed E-state index contributed by atoms with van der Waals surface area (Å²) in [6.45, 7) is 7.93. The lowest BCUT2D eigenvalue weighted by molar-refractivity contribution is -0.147. The van der Waals surface area contributed by atoms with Crippen molar-refractivity contribution >= 4 is 22.5 Å². The van der Waals surface area contributed by atoms with Crippen molar-refractivity contribution in [3.05, 3.63) is 90.5 Å². The summed E-state index contributed by atoms with van der Waals surface area (Å²) >= 11 is 0. The normalized spacial score (nSPS) is 15.6. The number of likely N-dealkylation sites (tertiary alicyclic amines) is 1. The number of aliphatic carboxylic acids is 1. The number of hydrogen-bond donors (Lipinski definition) is 1. The van der Waals surface area contributed by atoms with Crippen molar-refractivity contribution in [3.63, 3.8) is 0 Å². The van der Waals surface area contributed by atoms with Gasteiger partial charge in [0.2, 0.25) is 0 Å². The summed E-state index contributed by atoms with van der Waals surface area (Å²) < 4.78 is 6.06. The Morgan fingerprint density at radius 1 is 1.20 bits per heavy atom. The summed E-state index contributed by atoms with van der Waals surface area (Å²) in [7, 11) is 0. The van der Waals surface area contributed by atoms with Crippen LogP contribution in [0.4, 0.5) is 0 Å². The molecule has 4 nitrogen and oxygen atoms in total. The van der Waals surface area contributed by atoms with Crippen LogP contribution < -0.4 is 0 Å². The second-order valence-corrected chi connectivity index (χ2v) is 7.64. The lowest BCUT2D eigenvalue weighted by Gasteiger charge is -2.36. The molecule has 0 bridgehead atoms. The van der Waals surface area contributed by atoms with Crippen molar-refractivity contribution in [1.29, 1.82) is 0 Å². The van der Waals surface area contributed by atoms with E-state index in [9.17, 15) is 4.79 Å². The van der Waals surface area contributed by atoms with E-state index in [1.54, 1.807) is 0 Å². The molecule has 0 saturated carbocycles. The summed E-state index contributed by atoms with van der Waals surface area (Å²) in [5.74, 6) is -0.0903. The first kappa shape index (κ1) is 19.9.